The Balaban J connectivity index is 1.81. The molecular formula is C18H22N2O3. The largest absolute Gasteiger partial charge is 0.481 e. The highest BCUT2D eigenvalue weighted by molar-refractivity contribution is 5.98. The number of carbonyl (C=O) groups excluding carboxylic acids is 1. The smallest absolute Gasteiger partial charge is 0.303 e. The van der Waals surface area contributed by atoms with Crippen molar-refractivity contribution in [2.24, 2.45) is 0 Å². The van der Waals surface area contributed by atoms with Gasteiger partial charge in [0.2, 0.25) is 0 Å². The molecule has 0 radical (unpaired) electrons. The number of nitrogens with zero attached hydrogens (tertiary/aromatic N) is 1. The van der Waals surface area contributed by atoms with Gasteiger partial charge in [-0.15, -0.1) is 0 Å². The van der Waals surface area contributed by atoms with Gasteiger partial charge in [0.05, 0.1) is 0 Å². The number of rotatable bonds is 4. The lowest BCUT2D eigenvalue weighted by Crippen LogP contribution is -2.44. The lowest BCUT2D eigenvalue weighted by atomic mass is 9.97. The lowest BCUT2D eigenvalue weighted by molar-refractivity contribution is -0.137. The number of aromatic amines is 1. The number of H-pyrrole nitrogens is 1. The van der Waals surface area contributed by atoms with Crippen molar-refractivity contribution >= 4 is 22.8 Å². The average Bonchev–Trinajstić information content (AvgIpc) is 2.95. The second kappa shape index (κ2) is 6.44. The maximum absolute atomic E-state index is 12.9. The molecule has 2 aromatic rings. The van der Waals surface area contributed by atoms with E-state index in [1.807, 2.05) is 36.1 Å². The number of hydrogen-bond donors (Lipinski definition) is 2. The van der Waals surface area contributed by atoms with Crippen LogP contribution in [0.1, 0.15) is 48.2 Å². The molecule has 0 aliphatic carbocycles. The number of aryl methyl sites for hydroxylation is 1. The van der Waals surface area contributed by atoms with Gasteiger partial charge in [-0.05, 0) is 50.3 Å². The maximum Gasteiger partial charge on any atom is 0.303 e. The highest BCUT2D eigenvalue weighted by Gasteiger charge is 2.28. The van der Waals surface area contributed by atoms with Gasteiger partial charge in [0.25, 0.3) is 5.91 Å². The summed E-state index contributed by atoms with van der Waals surface area (Å²) in [6.07, 6.45) is 3.56. The van der Waals surface area contributed by atoms with E-state index in [0.29, 0.717) is 18.7 Å². The van der Waals surface area contributed by atoms with Gasteiger partial charge in [0, 0.05) is 29.9 Å². The minimum atomic E-state index is -0.802. The number of aliphatic carboxylic acids is 1. The van der Waals surface area contributed by atoms with Crippen LogP contribution in [0.5, 0.6) is 0 Å². The molecule has 1 amide bonds. The quantitative estimate of drug-likeness (QED) is 0.909. The molecule has 1 aromatic carbocycles. The van der Waals surface area contributed by atoms with Gasteiger partial charge in [-0.2, -0.15) is 0 Å². The fourth-order valence-electron chi connectivity index (χ4n) is 3.37. The molecular weight excluding hydrogens is 292 g/mol. The maximum atomic E-state index is 12.9. The van der Waals surface area contributed by atoms with Crippen molar-refractivity contribution in [1.29, 1.82) is 0 Å². The van der Waals surface area contributed by atoms with Crippen LogP contribution in [0.3, 0.4) is 0 Å². The fraction of sp³-hybridized carbons (Fsp3) is 0.444. The standard InChI is InChI=1S/C18H22N2O3/c1-12-5-6-13-11-16(19-15(13)10-12)18(23)20-9-3-2-4-14(20)7-8-17(21)22/h5-6,10-11,14,19H,2-4,7-9H2,1H3,(H,21,22)/t14-/m1/s1. The minimum absolute atomic E-state index is 0.0195. The van der Waals surface area contributed by atoms with Crippen molar-refractivity contribution in [3.05, 3.63) is 35.5 Å². The fourth-order valence-corrected chi connectivity index (χ4v) is 3.37. The molecule has 0 bridgehead atoms. The summed E-state index contributed by atoms with van der Waals surface area (Å²) in [5, 5.41) is 9.92. The van der Waals surface area contributed by atoms with E-state index >= 15 is 0 Å². The van der Waals surface area contributed by atoms with Gasteiger partial charge in [-0.3, -0.25) is 9.59 Å². The van der Waals surface area contributed by atoms with Gasteiger partial charge < -0.3 is 15.0 Å². The van der Waals surface area contributed by atoms with Crippen molar-refractivity contribution in [1.82, 2.24) is 9.88 Å². The number of benzene rings is 1. The van der Waals surface area contributed by atoms with E-state index in [-0.39, 0.29) is 18.4 Å². The second-order valence-corrected chi connectivity index (χ2v) is 6.35. The zero-order valence-corrected chi connectivity index (χ0v) is 13.3. The van der Waals surface area contributed by atoms with Crippen LogP contribution in [0.15, 0.2) is 24.3 Å². The van der Waals surface area contributed by atoms with Crippen LogP contribution in [-0.2, 0) is 4.79 Å². The van der Waals surface area contributed by atoms with Crippen molar-refractivity contribution in [2.45, 2.75) is 45.1 Å². The Bertz CT molecular complexity index is 735. The first-order chi connectivity index (χ1) is 11.0. The molecule has 0 spiro atoms. The third-order valence-electron chi connectivity index (χ3n) is 4.59. The highest BCUT2D eigenvalue weighted by atomic mass is 16.4. The number of hydrogen-bond acceptors (Lipinski definition) is 2. The van der Waals surface area contributed by atoms with E-state index in [0.717, 1.165) is 35.7 Å². The van der Waals surface area contributed by atoms with E-state index in [9.17, 15) is 9.59 Å². The Labute approximate surface area is 135 Å². The first-order valence-corrected chi connectivity index (χ1v) is 8.17. The molecule has 122 valence electrons. The topological polar surface area (TPSA) is 73.4 Å². The molecule has 3 rings (SSSR count). The Morgan fingerprint density at radius 1 is 1.30 bits per heavy atom. The van der Waals surface area contributed by atoms with E-state index in [1.165, 1.54) is 0 Å². The van der Waals surface area contributed by atoms with E-state index in [2.05, 4.69) is 4.98 Å². The number of amides is 1. The summed E-state index contributed by atoms with van der Waals surface area (Å²) in [4.78, 5) is 28.7. The predicted octanol–water partition coefficient (Wildman–Crippen LogP) is 3.34. The van der Waals surface area contributed by atoms with Gasteiger partial charge >= 0.3 is 5.97 Å². The number of carboxylic acid groups (broad SMARTS) is 1. The van der Waals surface area contributed by atoms with Crippen molar-refractivity contribution in [3.8, 4) is 0 Å². The lowest BCUT2D eigenvalue weighted by Gasteiger charge is -2.35. The van der Waals surface area contributed by atoms with Crippen LogP contribution in [0.2, 0.25) is 0 Å². The van der Waals surface area contributed by atoms with E-state index in [1.54, 1.807) is 0 Å². The molecule has 5 nitrogen and oxygen atoms in total. The zero-order valence-electron chi connectivity index (χ0n) is 13.3. The number of likely N-dealkylation sites (tertiary alicyclic amines) is 1. The number of piperidine rings is 1. The number of carbonyl (C=O) groups is 2. The molecule has 1 saturated heterocycles. The van der Waals surface area contributed by atoms with Crippen LogP contribution in [0, 0.1) is 6.92 Å². The average molecular weight is 314 g/mol. The van der Waals surface area contributed by atoms with E-state index < -0.39 is 5.97 Å². The molecule has 5 heteroatoms. The first kappa shape index (κ1) is 15.6. The molecule has 23 heavy (non-hydrogen) atoms. The highest BCUT2D eigenvalue weighted by Crippen LogP contribution is 2.24. The number of nitrogens with one attached hydrogen (secondary N) is 1. The van der Waals surface area contributed by atoms with Crippen molar-refractivity contribution in [3.63, 3.8) is 0 Å². The Morgan fingerprint density at radius 2 is 2.13 bits per heavy atom. The molecule has 1 aromatic heterocycles. The van der Waals surface area contributed by atoms with Gasteiger partial charge in [-0.1, -0.05) is 12.1 Å². The minimum Gasteiger partial charge on any atom is -0.481 e. The van der Waals surface area contributed by atoms with Crippen LogP contribution in [-0.4, -0.2) is 39.5 Å². The van der Waals surface area contributed by atoms with Gasteiger partial charge in [0.1, 0.15) is 5.69 Å². The number of aromatic nitrogens is 1. The molecule has 1 aliphatic heterocycles. The Kier molecular flexibility index (Phi) is 4.37. The molecule has 1 atom stereocenters. The van der Waals surface area contributed by atoms with Crippen LogP contribution < -0.4 is 0 Å². The summed E-state index contributed by atoms with van der Waals surface area (Å²) in [6, 6.07) is 7.99. The summed E-state index contributed by atoms with van der Waals surface area (Å²) in [7, 11) is 0. The summed E-state index contributed by atoms with van der Waals surface area (Å²) in [6.45, 7) is 2.73. The Morgan fingerprint density at radius 3 is 2.91 bits per heavy atom. The molecule has 0 saturated carbocycles. The monoisotopic (exact) mass is 314 g/mol. The normalized spacial score (nSPS) is 18.3. The Hall–Kier alpha value is -2.30. The van der Waals surface area contributed by atoms with Crippen molar-refractivity contribution in [2.75, 3.05) is 6.54 Å². The number of carboxylic acids is 1. The summed E-state index contributed by atoms with van der Waals surface area (Å²) in [5.41, 5.74) is 2.70. The van der Waals surface area contributed by atoms with Crippen LogP contribution >= 0.6 is 0 Å². The third kappa shape index (κ3) is 3.38. The number of fused-ring (bicyclic) bond motifs is 1. The van der Waals surface area contributed by atoms with Crippen LogP contribution in [0.4, 0.5) is 0 Å². The van der Waals surface area contributed by atoms with E-state index in [4.69, 9.17) is 5.11 Å². The molecule has 1 fully saturated rings. The summed E-state index contributed by atoms with van der Waals surface area (Å²) in [5.74, 6) is -0.821. The van der Waals surface area contributed by atoms with Gasteiger partial charge in [0.15, 0.2) is 0 Å². The summed E-state index contributed by atoms with van der Waals surface area (Å²) >= 11 is 0. The molecule has 1 aliphatic rings. The second-order valence-electron chi connectivity index (χ2n) is 6.35. The van der Waals surface area contributed by atoms with Crippen LogP contribution in [0.25, 0.3) is 10.9 Å². The predicted molar refractivity (Wildman–Crippen MR) is 88.6 cm³/mol. The summed E-state index contributed by atoms with van der Waals surface area (Å²) < 4.78 is 0. The third-order valence-corrected chi connectivity index (χ3v) is 4.59. The first-order valence-electron chi connectivity index (χ1n) is 8.17. The molecule has 2 heterocycles. The van der Waals surface area contributed by atoms with Gasteiger partial charge in [-0.25, -0.2) is 0 Å². The molecule has 0 unspecified atom stereocenters. The zero-order chi connectivity index (χ0) is 16.4. The SMILES string of the molecule is Cc1ccc2cc(C(=O)N3CCCC[C@@H]3CCC(=O)O)[nH]c2c1. The molecule has 2 N–H and O–H groups in total. The van der Waals surface area contributed by atoms with Crippen molar-refractivity contribution < 1.29 is 14.7 Å².